The molecule has 0 bridgehead atoms. The first-order valence-electron chi connectivity index (χ1n) is 7.51. The average molecular weight is 291 g/mol. The Labute approximate surface area is 124 Å². The third-order valence-electron chi connectivity index (χ3n) is 4.43. The minimum atomic E-state index is -0.135. The van der Waals surface area contributed by atoms with Gasteiger partial charge in [0.2, 0.25) is 0 Å². The summed E-state index contributed by atoms with van der Waals surface area (Å²) >= 11 is 0. The fraction of sp³-hybridized carbons (Fsp3) is 0.562. The van der Waals surface area contributed by atoms with E-state index in [0.29, 0.717) is 36.8 Å². The molecular formula is C16H21NO4. The van der Waals surface area contributed by atoms with Gasteiger partial charge >= 0.3 is 0 Å². The Morgan fingerprint density at radius 3 is 2.62 bits per heavy atom. The van der Waals surface area contributed by atoms with Crippen molar-refractivity contribution in [1.29, 1.82) is 0 Å². The number of amides is 1. The summed E-state index contributed by atoms with van der Waals surface area (Å²) in [6.45, 7) is 1.70. The molecule has 1 amide bonds. The fourth-order valence-corrected chi connectivity index (χ4v) is 3.07. The Bertz CT molecular complexity index is 523. The highest BCUT2D eigenvalue weighted by atomic mass is 16.6. The van der Waals surface area contributed by atoms with Gasteiger partial charge in [0, 0.05) is 17.5 Å². The lowest BCUT2D eigenvalue weighted by molar-refractivity contribution is 0.0879. The van der Waals surface area contributed by atoms with Gasteiger partial charge in [-0.25, -0.2) is 0 Å². The highest BCUT2D eigenvalue weighted by Crippen LogP contribution is 2.37. The summed E-state index contributed by atoms with van der Waals surface area (Å²) in [5.74, 6) is 1.17. The molecule has 1 aliphatic carbocycles. The number of rotatable bonds is 4. The van der Waals surface area contributed by atoms with E-state index in [9.17, 15) is 9.90 Å². The van der Waals surface area contributed by atoms with Crippen LogP contribution in [-0.4, -0.2) is 37.4 Å². The van der Waals surface area contributed by atoms with Gasteiger partial charge < -0.3 is 19.9 Å². The van der Waals surface area contributed by atoms with Gasteiger partial charge in [-0.2, -0.15) is 0 Å². The van der Waals surface area contributed by atoms with Crippen molar-refractivity contribution in [3.8, 4) is 11.5 Å². The quantitative estimate of drug-likeness (QED) is 0.886. The lowest BCUT2D eigenvalue weighted by atomic mass is 9.87. The van der Waals surface area contributed by atoms with Crippen molar-refractivity contribution in [3.63, 3.8) is 0 Å². The van der Waals surface area contributed by atoms with Crippen LogP contribution < -0.4 is 14.8 Å². The molecule has 0 radical (unpaired) electrons. The highest BCUT2D eigenvalue weighted by Gasteiger charge is 2.33. The van der Waals surface area contributed by atoms with Crippen molar-refractivity contribution in [3.05, 3.63) is 23.8 Å². The molecule has 1 aromatic carbocycles. The minimum absolute atomic E-state index is 0.133. The Balaban J connectivity index is 1.65. The smallest absolute Gasteiger partial charge is 0.251 e. The zero-order valence-electron chi connectivity index (χ0n) is 12.1. The predicted octanol–water partition coefficient (Wildman–Crippen LogP) is 1.74. The second kappa shape index (κ2) is 5.93. The van der Waals surface area contributed by atoms with E-state index < -0.39 is 0 Å². The summed E-state index contributed by atoms with van der Waals surface area (Å²) in [5, 5.41) is 12.5. The van der Waals surface area contributed by atoms with Crippen molar-refractivity contribution < 1.29 is 19.4 Å². The number of carbonyl (C=O) groups excluding carboxylic acids is 1. The largest absolute Gasteiger partial charge is 0.486 e. The number of ether oxygens (including phenoxy) is 2. The SMILES string of the molecule is O=C(NCC1(CO)CCCC1)c1ccc2c(c1)OCCO2. The van der Waals surface area contributed by atoms with Crippen molar-refractivity contribution in [1.82, 2.24) is 5.32 Å². The molecule has 2 N–H and O–H groups in total. The molecule has 21 heavy (non-hydrogen) atoms. The maximum absolute atomic E-state index is 12.3. The number of aliphatic hydroxyl groups excluding tert-OH is 1. The molecule has 2 aliphatic rings. The zero-order chi connectivity index (χ0) is 14.7. The number of carbonyl (C=O) groups is 1. The summed E-state index contributed by atoms with van der Waals surface area (Å²) in [7, 11) is 0. The molecule has 5 nitrogen and oxygen atoms in total. The van der Waals surface area contributed by atoms with Gasteiger partial charge in [0.25, 0.3) is 5.91 Å². The van der Waals surface area contributed by atoms with Gasteiger partial charge in [-0.15, -0.1) is 0 Å². The topological polar surface area (TPSA) is 67.8 Å². The number of fused-ring (bicyclic) bond motifs is 1. The maximum Gasteiger partial charge on any atom is 0.251 e. The zero-order valence-corrected chi connectivity index (χ0v) is 12.1. The lowest BCUT2D eigenvalue weighted by Crippen LogP contribution is -2.38. The summed E-state index contributed by atoms with van der Waals surface area (Å²) in [6, 6.07) is 5.22. The first-order valence-corrected chi connectivity index (χ1v) is 7.51. The molecule has 0 aromatic heterocycles. The number of aliphatic hydroxyl groups is 1. The molecule has 1 saturated carbocycles. The minimum Gasteiger partial charge on any atom is -0.486 e. The van der Waals surface area contributed by atoms with Gasteiger partial charge in [-0.3, -0.25) is 4.79 Å². The molecule has 0 spiro atoms. The van der Waals surface area contributed by atoms with Gasteiger partial charge in [0.15, 0.2) is 11.5 Å². The molecule has 5 heteroatoms. The van der Waals surface area contributed by atoms with Crippen molar-refractivity contribution in [2.75, 3.05) is 26.4 Å². The van der Waals surface area contributed by atoms with Crippen LogP contribution in [0.15, 0.2) is 18.2 Å². The average Bonchev–Trinajstić information content (AvgIpc) is 3.01. The summed E-state index contributed by atoms with van der Waals surface area (Å²) < 4.78 is 10.9. The second-order valence-electron chi connectivity index (χ2n) is 5.91. The molecule has 1 fully saturated rings. The van der Waals surface area contributed by atoms with Gasteiger partial charge in [0.1, 0.15) is 13.2 Å². The van der Waals surface area contributed by atoms with Gasteiger partial charge in [0.05, 0.1) is 6.61 Å². The van der Waals surface area contributed by atoms with Crippen LogP contribution in [0.3, 0.4) is 0 Å². The van der Waals surface area contributed by atoms with E-state index in [2.05, 4.69) is 5.32 Å². The van der Waals surface area contributed by atoms with E-state index in [1.165, 1.54) is 0 Å². The van der Waals surface area contributed by atoms with Crippen molar-refractivity contribution in [2.45, 2.75) is 25.7 Å². The van der Waals surface area contributed by atoms with E-state index in [4.69, 9.17) is 9.47 Å². The Hall–Kier alpha value is -1.75. The van der Waals surface area contributed by atoms with E-state index >= 15 is 0 Å². The molecule has 0 saturated heterocycles. The fourth-order valence-electron chi connectivity index (χ4n) is 3.07. The van der Waals surface area contributed by atoms with Crippen LogP contribution in [0.2, 0.25) is 0 Å². The summed E-state index contributed by atoms with van der Waals surface area (Å²) in [4.78, 5) is 12.3. The molecule has 0 unspecified atom stereocenters. The van der Waals surface area contributed by atoms with Crippen LogP contribution in [0, 0.1) is 5.41 Å². The third kappa shape index (κ3) is 2.97. The maximum atomic E-state index is 12.3. The molecule has 114 valence electrons. The monoisotopic (exact) mass is 291 g/mol. The Kier molecular flexibility index (Phi) is 4.01. The van der Waals surface area contributed by atoms with Crippen LogP contribution in [0.5, 0.6) is 11.5 Å². The van der Waals surface area contributed by atoms with E-state index in [0.717, 1.165) is 25.7 Å². The Morgan fingerprint density at radius 1 is 1.19 bits per heavy atom. The van der Waals surface area contributed by atoms with E-state index in [1.807, 2.05) is 0 Å². The van der Waals surface area contributed by atoms with Crippen LogP contribution in [0.4, 0.5) is 0 Å². The van der Waals surface area contributed by atoms with Gasteiger partial charge in [-0.05, 0) is 31.0 Å². The predicted molar refractivity (Wildman–Crippen MR) is 77.8 cm³/mol. The number of hydrogen-bond acceptors (Lipinski definition) is 4. The molecule has 3 rings (SSSR count). The van der Waals surface area contributed by atoms with Crippen LogP contribution in [-0.2, 0) is 0 Å². The summed E-state index contributed by atoms with van der Waals surface area (Å²) in [6.07, 6.45) is 4.21. The molecule has 0 atom stereocenters. The standard InChI is InChI=1S/C16H21NO4/c18-11-16(5-1-2-6-16)10-17-15(19)12-3-4-13-14(9-12)21-8-7-20-13/h3-4,9,18H,1-2,5-8,10-11H2,(H,17,19). The van der Waals surface area contributed by atoms with Crippen molar-refractivity contribution in [2.24, 2.45) is 5.41 Å². The molecule has 1 aliphatic heterocycles. The number of hydrogen-bond donors (Lipinski definition) is 2. The Morgan fingerprint density at radius 2 is 1.90 bits per heavy atom. The molecule has 1 aromatic rings. The third-order valence-corrected chi connectivity index (χ3v) is 4.43. The molecular weight excluding hydrogens is 270 g/mol. The van der Waals surface area contributed by atoms with E-state index in [1.54, 1.807) is 18.2 Å². The van der Waals surface area contributed by atoms with Crippen molar-refractivity contribution >= 4 is 5.91 Å². The second-order valence-corrected chi connectivity index (χ2v) is 5.91. The first kappa shape index (κ1) is 14.2. The lowest BCUT2D eigenvalue weighted by Gasteiger charge is -2.26. The molecule has 1 heterocycles. The number of benzene rings is 1. The summed E-state index contributed by atoms with van der Waals surface area (Å²) in [5.41, 5.74) is 0.425. The van der Waals surface area contributed by atoms with Crippen LogP contribution in [0.1, 0.15) is 36.0 Å². The van der Waals surface area contributed by atoms with Gasteiger partial charge in [-0.1, -0.05) is 12.8 Å². The number of nitrogens with one attached hydrogen (secondary N) is 1. The van der Waals surface area contributed by atoms with Crippen LogP contribution in [0.25, 0.3) is 0 Å². The van der Waals surface area contributed by atoms with Crippen LogP contribution >= 0.6 is 0 Å². The highest BCUT2D eigenvalue weighted by molar-refractivity contribution is 5.94. The first-order chi connectivity index (χ1) is 10.2. The van der Waals surface area contributed by atoms with E-state index in [-0.39, 0.29) is 17.9 Å². The normalized spacial score (nSPS) is 19.3.